The second-order valence-corrected chi connectivity index (χ2v) is 6.21. The molecular formula is C16H23N5O3. The number of hydrogen-bond acceptors (Lipinski definition) is 6. The summed E-state index contributed by atoms with van der Waals surface area (Å²) in [5.41, 5.74) is 2.09. The fourth-order valence-corrected chi connectivity index (χ4v) is 3.03. The molecule has 8 nitrogen and oxygen atoms in total. The molecule has 0 fully saturated rings. The van der Waals surface area contributed by atoms with Crippen molar-refractivity contribution < 1.29 is 14.1 Å². The largest absolute Gasteiger partial charge is 0.375 e. The zero-order valence-electron chi connectivity index (χ0n) is 14.1. The predicted molar refractivity (Wildman–Crippen MR) is 86.0 cm³/mol. The van der Waals surface area contributed by atoms with Gasteiger partial charge in [-0.1, -0.05) is 5.16 Å². The number of nitrogens with zero attached hydrogens (tertiary/aromatic N) is 4. The van der Waals surface area contributed by atoms with Crippen LogP contribution in [0.25, 0.3) is 0 Å². The first-order valence-electron chi connectivity index (χ1n) is 8.05. The molecule has 1 unspecified atom stereocenters. The Morgan fingerprint density at radius 3 is 3.12 bits per heavy atom. The molecule has 0 radical (unpaired) electrons. The van der Waals surface area contributed by atoms with Gasteiger partial charge in [0.25, 0.3) is 0 Å². The summed E-state index contributed by atoms with van der Waals surface area (Å²) in [6.07, 6.45) is 1.82. The number of rotatable bonds is 6. The Kier molecular flexibility index (Phi) is 5.27. The number of aryl methyl sites for hydroxylation is 1. The highest BCUT2D eigenvalue weighted by molar-refractivity contribution is 5.77. The topological polar surface area (TPSA) is 85.4 Å². The van der Waals surface area contributed by atoms with E-state index in [0.717, 1.165) is 31.1 Å². The van der Waals surface area contributed by atoms with E-state index in [9.17, 15) is 4.79 Å². The van der Waals surface area contributed by atoms with Gasteiger partial charge in [0.1, 0.15) is 12.4 Å². The van der Waals surface area contributed by atoms with Crippen LogP contribution in [0, 0.1) is 12.8 Å². The molecule has 1 atom stereocenters. The molecule has 0 aromatic carbocycles. The predicted octanol–water partition coefficient (Wildman–Crippen LogP) is 0.574. The second kappa shape index (κ2) is 7.59. The molecule has 1 amide bonds. The average Bonchev–Trinajstić information content (AvgIpc) is 3.11. The molecule has 2 aromatic heterocycles. The SMILES string of the molecule is COCC(=O)NCC1CN(Cc2cc(C)on2)Cc2ccnn2C1. The van der Waals surface area contributed by atoms with Crippen LogP contribution in [-0.4, -0.2) is 52.6 Å². The molecule has 24 heavy (non-hydrogen) atoms. The number of ether oxygens (including phenoxy) is 1. The first-order chi connectivity index (χ1) is 11.6. The van der Waals surface area contributed by atoms with Crippen LogP contribution in [0.5, 0.6) is 0 Å². The van der Waals surface area contributed by atoms with Gasteiger partial charge in [-0.05, 0) is 13.0 Å². The van der Waals surface area contributed by atoms with Crippen molar-refractivity contribution in [2.75, 3.05) is 26.8 Å². The van der Waals surface area contributed by atoms with Gasteiger partial charge in [-0.2, -0.15) is 5.10 Å². The van der Waals surface area contributed by atoms with Crippen molar-refractivity contribution in [3.8, 4) is 0 Å². The summed E-state index contributed by atoms with van der Waals surface area (Å²) in [5.74, 6) is 0.981. The van der Waals surface area contributed by atoms with Crippen LogP contribution in [0.1, 0.15) is 17.1 Å². The standard InChI is InChI=1S/C16H23N5O3/c1-12-5-14(19-24-12)9-20-7-13(6-17-16(22)11-23-2)8-21-15(10-20)3-4-18-21/h3-5,13H,6-11H2,1-2H3,(H,17,22). The van der Waals surface area contributed by atoms with Gasteiger partial charge in [-0.25, -0.2) is 0 Å². The fourth-order valence-electron chi connectivity index (χ4n) is 3.03. The average molecular weight is 333 g/mol. The van der Waals surface area contributed by atoms with Crippen molar-refractivity contribution >= 4 is 5.91 Å². The molecule has 0 bridgehead atoms. The zero-order valence-corrected chi connectivity index (χ0v) is 14.1. The van der Waals surface area contributed by atoms with Crippen LogP contribution < -0.4 is 5.32 Å². The number of aromatic nitrogens is 3. The van der Waals surface area contributed by atoms with Crippen LogP contribution in [0.15, 0.2) is 22.9 Å². The summed E-state index contributed by atoms with van der Waals surface area (Å²) >= 11 is 0. The van der Waals surface area contributed by atoms with Gasteiger partial charge in [0.15, 0.2) is 0 Å². The maximum atomic E-state index is 11.6. The van der Waals surface area contributed by atoms with E-state index in [1.165, 1.54) is 12.8 Å². The molecule has 0 spiro atoms. The Hall–Kier alpha value is -2.19. The number of carbonyl (C=O) groups excluding carboxylic acids is 1. The molecule has 0 saturated heterocycles. The van der Waals surface area contributed by atoms with E-state index in [-0.39, 0.29) is 18.4 Å². The number of methoxy groups -OCH3 is 1. The third-order valence-electron chi connectivity index (χ3n) is 4.06. The Labute approximate surface area is 140 Å². The van der Waals surface area contributed by atoms with Crippen LogP contribution >= 0.6 is 0 Å². The third kappa shape index (κ3) is 4.21. The van der Waals surface area contributed by atoms with Gasteiger partial charge in [0.2, 0.25) is 5.91 Å². The van der Waals surface area contributed by atoms with Crippen molar-refractivity contribution in [2.24, 2.45) is 5.92 Å². The Bertz CT molecular complexity index is 681. The normalized spacial score (nSPS) is 18.2. The molecule has 0 aliphatic carbocycles. The van der Waals surface area contributed by atoms with Gasteiger partial charge in [-0.3, -0.25) is 14.4 Å². The quantitative estimate of drug-likeness (QED) is 0.832. The van der Waals surface area contributed by atoms with Gasteiger partial charge >= 0.3 is 0 Å². The molecule has 3 rings (SSSR count). The molecule has 0 saturated carbocycles. The first kappa shape index (κ1) is 16.7. The number of amides is 1. The summed E-state index contributed by atoms with van der Waals surface area (Å²) in [7, 11) is 1.52. The van der Waals surface area contributed by atoms with Gasteiger partial charge in [-0.15, -0.1) is 0 Å². The van der Waals surface area contributed by atoms with E-state index in [2.05, 4.69) is 20.5 Å². The van der Waals surface area contributed by atoms with Crippen LogP contribution in [0.2, 0.25) is 0 Å². The molecule has 130 valence electrons. The Balaban J connectivity index is 1.67. The van der Waals surface area contributed by atoms with Gasteiger partial charge in [0.05, 0.1) is 11.4 Å². The molecule has 3 heterocycles. The number of hydrogen-bond donors (Lipinski definition) is 1. The maximum Gasteiger partial charge on any atom is 0.245 e. The first-order valence-corrected chi connectivity index (χ1v) is 8.05. The van der Waals surface area contributed by atoms with E-state index in [4.69, 9.17) is 9.26 Å². The summed E-state index contributed by atoms with van der Waals surface area (Å²) < 4.78 is 12.0. The van der Waals surface area contributed by atoms with Crippen molar-refractivity contribution in [1.29, 1.82) is 0 Å². The van der Waals surface area contributed by atoms with Crippen molar-refractivity contribution in [3.05, 3.63) is 35.5 Å². The molecular weight excluding hydrogens is 310 g/mol. The van der Waals surface area contributed by atoms with Crippen molar-refractivity contribution in [2.45, 2.75) is 26.6 Å². The lowest BCUT2D eigenvalue weighted by Crippen LogP contribution is -2.37. The number of fused-ring (bicyclic) bond motifs is 1. The van der Waals surface area contributed by atoms with Crippen LogP contribution in [0.3, 0.4) is 0 Å². The van der Waals surface area contributed by atoms with Crippen LogP contribution in [-0.2, 0) is 29.2 Å². The lowest BCUT2D eigenvalue weighted by atomic mass is 10.1. The zero-order chi connectivity index (χ0) is 16.9. The molecule has 1 aliphatic heterocycles. The van der Waals surface area contributed by atoms with Crippen LogP contribution in [0.4, 0.5) is 0 Å². The lowest BCUT2D eigenvalue weighted by Gasteiger charge is -2.23. The second-order valence-electron chi connectivity index (χ2n) is 6.21. The van der Waals surface area contributed by atoms with E-state index in [1.54, 1.807) is 0 Å². The Morgan fingerprint density at radius 1 is 1.50 bits per heavy atom. The highest BCUT2D eigenvalue weighted by Gasteiger charge is 2.23. The van der Waals surface area contributed by atoms with Gasteiger partial charge < -0.3 is 14.6 Å². The van der Waals surface area contributed by atoms with Crippen molar-refractivity contribution in [3.63, 3.8) is 0 Å². The maximum absolute atomic E-state index is 11.6. The minimum Gasteiger partial charge on any atom is -0.375 e. The molecule has 1 aliphatic rings. The van der Waals surface area contributed by atoms with E-state index in [0.29, 0.717) is 13.1 Å². The minimum atomic E-state index is -0.0962. The number of nitrogens with one attached hydrogen (secondary N) is 1. The summed E-state index contributed by atoms with van der Waals surface area (Å²) in [6.45, 7) is 5.71. The smallest absolute Gasteiger partial charge is 0.245 e. The Morgan fingerprint density at radius 2 is 2.38 bits per heavy atom. The lowest BCUT2D eigenvalue weighted by molar-refractivity contribution is -0.124. The van der Waals surface area contributed by atoms with Gasteiger partial charge in [0, 0.05) is 58.0 Å². The van der Waals surface area contributed by atoms with E-state index in [1.807, 2.05) is 29.9 Å². The summed E-state index contributed by atoms with van der Waals surface area (Å²) in [5, 5.41) is 11.4. The molecule has 8 heteroatoms. The monoisotopic (exact) mass is 333 g/mol. The molecule has 1 N–H and O–H groups in total. The van der Waals surface area contributed by atoms with Crippen molar-refractivity contribution in [1.82, 2.24) is 25.2 Å². The highest BCUT2D eigenvalue weighted by atomic mass is 16.5. The van der Waals surface area contributed by atoms with E-state index >= 15 is 0 Å². The van der Waals surface area contributed by atoms with E-state index < -0.39 is 0 Å². The molecule has 2 aromatic rings. The number of carbonyl (C=O) groups is 1. The summed E-state index contributed by atoms with van der Waals surface area (Å²) in [6, 6.07) is 3.99. The summed E-state index contributed by atoms with van der Waals surface area (Å²) in [4.78, 5) is 14.0. The highest BCUT2D eigenvalue weighted by Crippen LogP contribution is 2.18. The fraction of sp³-hybridized carbons (Fsp3) is 0.562. The minimum absolute atomic E-state index is 0.0850. The third-order valence-corrected chi connectivity index (χ3v) is 4.06.